The SMILES string of the molecule is CN1CCOC(CNS(=O)(=O)c2cc(CN)n(C)c2)C1. The van der Waals surface area contributed by atoms with E-state index >= 15 is 0 Å². The van der Waals surface area contributed by atoms with Crippen molar-refractivity contribution in [2.75, 3.05) is 33.3 Å². The molecule has 1 saturated heterocycles. The molecule has 1 atom stereocenters. The van der Waals surface area contributed by atoms with Gasteiger partial charge in [0.15, 0.2) is 0 Å². The first-order valence-electron chi connectivity index (χ1n) is 6.57. The van der Waals surface area contributed by atoms with Crippen molar-refractivity contribution < 1.29 is 13.2 Å². The van der Waals surface area contributed by atoms with Crippen LogP contribution in [0.2, 0.25) is 0 Å². The Labute approximate surface area is 119 Å². The number of morpholine rings is 1. The minimum atomic E-state index is -3.51. The number of ether oxygens (including phenoxy) is 1. The predicted octanol–water partition coefficient (Wildman–Crippen LogP) is -0.907. The number of nitrogens with zero attached hydrogens (tertiary/aromatic N) is 2. The van der Waals surface area contributed by atoms with E-state index in [1.807, 2.05) is 7.05 Å². The topological polar surface area (TPSA) is 89.6 Å². The van der Waals surface area contributed by atoms with Crippen LogP contribution in [0.1, 0.15) is 5.69 Å². The molecule has 0 radical (unpaired) electrons. The molecule has 20 heavy (non-hydrogen) atoms. The molecule has 0 saturated carbocycles. The Morgan fingerprint density at radius 1 is 1.50 bits per heavy atom. The largest absolute Gasteiger partial charge is 0.374 e. The smallest absolute Gasteiger partial charge is 0.242 e. The number of rotatable bonds is 5. The highest BCUT2D eigenvalue weighted by molar-refractivity contribution is 7.89. The summed E-state index contributed by atoms with van der Waals surface area (Å²) in [5.74, 6) is 0. The molecule has 2 rings (SSSR count). The summed E-state index contributed by atoms with van der Waals surface area (Å²) in [6.45, 7) is 2.82. The van der Waals surface area contributed by atoms with E-state index < -0.39 is 10.0 Å². The van der Waals surface area contributed by atoms with Crippen LogP contribution >= 0.6 is 0 Å². The lowest BCUT2D eigenvalue weighted by Gasteiger charge is -2.29. The summed E-state index contributed by atoms with van der Waals surface area (Å²) in [4.78, 5) is 2.36. The number of aryl methyl sites for hydroxylation is 1. The summed E-state index contributed by atoms with van der Waals surface area (Å²) in [6.07, 6.45) is 1.46. The van der Waals surface area contributed by atoms with Crippen molar-refractivity contribution in [3.05, 3.63) is 18.0 Å². The number of hydrogen-bond acceptors (Lipinski definition) is 5. The van der Waals surface area contributed by atoms with Crippen LogP contribution < -0.4 is 10.5 Å². The van der Waals surface area contributed by atoms with Crippen molar-refractivity contribution in [1.29, 1.82) is 0 Å². The van der Waals surface area contributed by atoms with E-state index in [0.29, 0.717) is 13.2 Å². The molecule has 0 bridgehead atoms. The van der Waals surface area contributed by atoms with Crippen molar-refractivity contribution >= 4 is 10.0 Å². The van der Waals surface area contributed by atoms with Gasteiger partial charge in [0.1, 0.15) is 0 Å². The van der Waals surface area contributed by atoms with Crippen LogP contribution in [0, 0.1) is 0 Å². The fraction of sp³-hybridized carbons (Fsp3) is 0.667. The molecule has 0 spiro atoms. The van der Waals surface area contributed by atoms with Gasteiger partial charge in [-0.25, -0.2) is 13.1 Å². The van der Waals surface area contributed by atoms with Crippen LogP contribution in [0.5, 0.6) is 0 Å². The molecule has 2 heterocycles. The van der Waals surface area contributed by atoms with E-state index in [1.165, 1.54) is 0 Å². The third-order valence-electron chi connectivity index (χ3n) is 3.45. The van der Waals surface area contributed by atoms with Gasteiger partial charge in [-0.2, -0.15) is 0 Å². The second-order valence-electron chi connectivity index (χ2n) is 5.09. The Kier molecular flexibility index (Phi) is 4.82. The Hall–Kier alpha value is -0.930. The summed E-state index contributed by atoms with van der Waals surface area (Å²) >= 11 is 0. The van der Waals surface area contributed by atoms with Gasteiger partial charge in [0.05, 0.1) is 17.6 Å². The lowest BCUT2D eigenvalue weighted by atomic mass is 10.3. The minimum Gasteiger partial charge on any atom is -0.374 e. The molecule has 8 heteroatoms. The summed E-state index contributed by atoms with van der Waals surface area (Å²) in [5, 5.41) is 0. The molecule has 0 aliphatic carbocycles. The minimum absolute atomic E-state index is 0.110. The first kappa shape index (κ1) is 15.5. The molecular weight excluding hydrogens is 280 g/mol. The number of nitrogens with two attached hydrogens (primary N) is 1. The molecule has 0 aromatic carbocycles. The van der Waals surface area contributed by atoms with Gasteiger partial charge in [-0.15, -0.1) is 0 Å². The van der Waals surface area contributed by atoms with E-state index in [9.17, 15) is 8.42 Å². The molecule has 1 aromatic rings. The zero-order valence-electron chi connectivity index (χ0n) is 11.9. The summed E-state index contributed by atoms with van der Waals surface area (Å²) in [7, 11) is 0.259. The third kappa shape index (κ3) is 3.58. The van der Waals surface area contributed by atoms with E-state index in [1.54, 1.807) is 23.9 Å². The lowest BCUT2D eigenvalue weighted by Crippen LogP contribution is -2.45. The second kappa shape index (κ2) is 6.23. The number of aromatic nitrogens is 1. The Morgan fingerprint density at radius 3 is 2.85 bits per heavy atom. The van der Waals surface area contributed by atoms with Gasteiger partial charge in [-0.3, -0.25) is 0 Å². The molecule has 1 fully saturated rings. The van der Waals surface area contributed by atoms with Crippen LogP contribution in [-0.2, 0) is 28.4 Å². The van der Waals surface area contributed by atoms with E-state index in [4.69, 9.17) is 10.5 Å². The number of nitrogens with one attached hydrogen (secondary N) is 1. The van der Waals surface area contributed by atoms with Crippen molar-refractivity contribution in [1.82, 2.24) is 14.2 Å². The first-order valence-corrected chi connectivity index (χ1v) is 8.06. The van der Waals surface area contributed by atoms with E-state index in [-0.39, 0.29) is 17.5 Å². The maximum absolute atomic E-state index is 12.2. The highest BCUT2D eigenvalue weighted by atomic mass is 32.2. The van der Waals surface area contributed by atoms with Crippen LogP contribution in [-0.4, -0.2) is 57.3 Å². The predicted molar refractivity (Wildman–Crippen MR) is 75.7 cm³/mol. The van der Waals surface area contributed by atoms with Gasteiger partial charge in [0.25, 0.3) is 0 Å². The van der Waals surface area contributed by atoms with Crippen molar-refractivity contribution in [3.63, 3.8) is 0 Å². The highest BCUT2D eigenvalue weighted by Crippen LogP contribution is 2.13. The molecule has 3 N–H and O–H groups in total. The fourth-order valence-corrected chi connectivity index (χ4v) is 3.36. The van der Waals surface area contributed by atoms with Gasteiger partial charge in [-0.1, -0.05) is 0 Å². The van der Waals surface area contributed by atoms with Crippen LogP contribution in [0.15, 0.2) is 17.2 Å². The maximum Gasteiger partial charge on any atom is 0.242 e. The van der Waals surface area contributed by atoms with Gasteiger partial charge >= 0.3 is 0 Å². The molecule has 1 aliphatic heterocycles. The quantitative estimate of drug-likeness (QED) is 0.735. The highest BCUT2D eigenvalue weighted by Gasteiger charge is 2.22. The Balaban J connectivity index is 1.99. The molecular formula is C12H22N4O3S. The van der Waals surface area contributed by atoms with E-state index in [2.05, 4.69) is 9.62 Å². The van der Waals surface area contributed by atoms with Gasteiger partial charge in [0.2, 0.25) is 10.0 Å². The average Bonchev–Trinajstić information content (AvgIpc) is 2.79. The molecule has 0 amide bonds. The van der Waals surface area contributed by atoms with Gasteiger partial charge in [0, 0.05) is 45.1 Å². The molecule has 1 unspecified atom stereocenters. The van der Waals surface area contributed by atoms with E-state index in [0.717, 1.165) is 18.8 Å². The number of likely N-dealkylation sites (N-methyl/N-ethyl adjacent to an activating group) is 1. The normalized spacial score (nSPS) is 21.2. The van der Waals surface area contributed by atoms with Crippen LogP contribution in [0.3, 0.4) is 0 Å². The summed E-state index contributed by atoms with van der Waals surface area (Å²) in [5.41, 5.74) is 6.33. The Bertz CT molecular complexity index is 555. The molecule has 1 aliphatic rings. The van der Waals surface area contributed by atoms with Crippen LogP contribution in [0.4, 0.5) is 0 Å². The first-order chi connectivity index (χ1) is 9.42. The lowest BCUT2D eigenvalue weighted by molar-refractivity contribution is -0.0156. The summed E-state index contributed by atoms with van der Waals surface area (Å²) < 4.78 is 34.3. The summed E-state index contributed by atoms with van der Waals surface area (Å²) in [6, 6.07) is 1.59. The van der Waals surface area contributed by atoms with Gasteiger partial charge < -0.3 is 19.9 Å². The second-order valence-corrected chi connectivity index (χ2v) is 6.86. The number of hydrogen-bond donors (Lipinski definition) is 2. The van der Waals surface area contributed by atoms with Crippen molar-refractivity contribution in [2.24, 2.45) is 12.8 Å². The van der Waals surface area contributed by atoms with Crippen molar-refractivity contribution in [2.45, 2.75) is 17.5 Å². The standard InChI is InChI=1S/C12H22N4O3S/c1-15-3-4-19-11(8-15)7-14-20(17,18)12-5-10(6-13)16(2)9-12/h5,9,11,14H,3-4,6-8,13H2,1-2H3. The van der Waals surface area contributed by atoms with Crippen molar-refractivity contribution in [3.8, 4) is 0 Å². The zero-order chi connectivity index (χ0) is 14.8. The third-order valence-corrected chi connectivity index (χ3v) is 4.84. The van der Waals surface area contributed by atoms with Gasteiger partial charge in [-0.05, 0) is 13.1 Å². The maximum atomic E-state index is 12.2. The zero-order valence-corrected chi connectivity index (χ0v) is 12.7. The fourth-order valence-electron chi connectivity index (χ4n) is 2.20. The van der Waals surface area contributed by atoms with Crippen LogP contribution in [0.25, 0.3) is 0 Å². The average molecular weight is 302 g/mol. The monoisotopic (exact) mass is 302 g/mol. The molecule has 114 valence electrons. The molecule has 7 nitrogen and oxygen atoms in total. The Morgan fingerprint density at radius 2 is 2.25 bits per heavy atom. The number of sulfonamides is 1. The molecule has 1 aromatic heterocycles.